The average Bonchev–Trinajstić information content (AvgIpc) is 3.08. The van der Waals surface area contributed by atoms with Crippen molar-refractivity contribution in [3.8, 4) is 0 Å². The van der Waals surface area contributed by atoms with E-state index >= 15 is 0 Å². The molecule has 1 aromatic carbocycles. The number of hydrogen-bond acceptors (Lipinski definition) is 6. The summed E-state index contributed by atoms with van der Waals surface area (Å²) in [5.74, 6) is -0.232. The zero-order valence-corrected chi connectivity index (χ0v) is 14.5. The van der Waals surface area contributed by atoms with Gasteiger partial charge in [0.2, 0.25) is 0 Å². The van der Waals surface area contributed by atoms with Crippen molar-refractivity contribution in [2.75, 3.05) is 11.9 Å². The fourth-order valence-electron chi connectivity index (χ4n) is 2.29. The quantitative estimate of drug-likeness (QED) is 0.550. The molecule has 0 aliphatic carbocycles. The van der Waals surface area contributed by atoms with Crippen LogP contribution in [0.2, 0.25) is 0 Å². The number of benzene rings is 1. The van der Waals surface area contributed by atoms with Gasteiger partial charge < -0.3 is 5.32 Å². The Labute approximate surface area is 143 Å². The molecule has 0 bridgehead atoms. The third-order valence-corrected chi connectivity index (χ3v) is 4.64. The first-order chi connectivity index (χ1) is 11.5. The molecule has 2 heterocycles. The lowest BCUT2D eigenvalue weighted by Gasteiger charge is -2.01. The second kappa shape index (κ2) is 6.79. The number of hydrazone groups is 1. The molecular weight excluding hydrogens is 324 g/mol. The molecule has 3 aromatic rings. The number of rotatable bonds is 5. The summed E-state index contributed by atoms with van der Waals surface area (Å²) >= 11 is 1.51. The van der Waals surface area contributed by atoms with E-state index in [0.29, 0.717) is 5.13 Å². The number of hydrogen-bond donors (Lipinski definition) is 2. The van der Waals surface area contributed by atoms with Crippen LogP contribution in [0.1, 0.15) is 17.0 Å². The van der Waals surface area contributed by atoms with Crippen molar-refractivity contribution < 1.29 is 4.79 Å². The van der Waals surface area contributed by atoms with Crippen molar-refractivity contribution in [2.45, 2.75) is 13.8 Å². The normalized spacial score (nSPS) is 11.3. The summed E-state index contributed by atoms with van der Waals surface area (Å²) < 4.78 is 2.87. The van der Waals surface area contributed by atoms with Crippen LogP contribution in [0.5, 0.6) is 0 Å². The molecule has 0 unspecified atom stereocenters. The smallest absolute Gasteiger partial charge is 0.259 e. The van der Waals surface area contributed by atoms with Crippen LogP contribution in [0.25, 0.3) is 10.2 Å². The maximum Gasteiger partial charge on any atom is 0.259 e. The first kappa shape index (κ1) is 16.1. The molecular formula is C16H18N6OS. The number of para-hydroxylation sites is 1. The minimum absolute atomic E-state index is 0.113. The number of thiazole rings is 1. The number of carbonyl (C=O) groups is 1. The fourth-order valence-corrected chi connectivity index (χ4v) is 3.15. The summed E-state index contributed by atoms with van der Waals surface area (Å²) in [5, 5.41) is 12.0. The second-order valence-corrected chi connectivity index (χ2v) is 6.37. The van der Waals surface area contributed by atoms with Crippen LogP contribution in [0.4, 0.5) is 5.13 Å². The highest BCUT2D eigenvalue weighted by Gasteiger charge is 2.07. The number of nitrogens with zero attached hydrogens (tertiary/aromatic N) is 4. The Morgan fingerprint density at radius 1 is 1.38 bits per heavy atom. The van der Waals surface area contributed by atoms with Gasteiger partial charge in [0, 0.05) is 18.3 Å². The van der Waals surface area contributed by atoms with Gasteiger partial charge in [0.15, 0.2) is 5.13 Å². The molecule has 3 rings (SSSR count). The Kier molecular flexibility index (Phi) is 4.57. The lowest BCUT2D eigenvalue weighted by molar-refractivity contribution is -0.119. The maximum atomic E-state index is 11.9. The van der Waals surface area contributed by atoms with Crippen LogP contribution >= 0.6 is 11.3 Å². The van der Waals surface area contributed by atoms with E-state index < -0.39 is 0 Å². The van der Waals surface area contributed by atoms with E-state index in [9.17, 15) is 4.79 Å². The predicted octanol–water partition coefficient (Wildman–Crippen LogP) is 2.21. The number of anilines is 1. The number of carbonyl (C=O) groups excluding carboxylic acids is 1. The molecule has 24 heavy (non-hydrogen) atoms. The molecule has 0 fully saturated rings. The van der Waals surface area contributed by atoms with Crippen LogP contribution in [-0.4, -0.2) is 33.4 Å². The molecule has 0 atom stereocenters. The Bertz CT molecular complexity index is 878. The van der Waals surface area contributed by atoms with Crippen molar-refractivity contribution in [2.24, 2.45) is 12.1 Å². The first-order valence-electron chi connectivity index (χ1n) is 7.46. The SMILES string of the molecule is Cc1nn(C)c(C)c1/C=N\NC(=O)CNc1nc2ccccc2s1. The number of aromatic nitrogens is 3. The predicted molar refractivity (Wildman–Crippen MR) is 96.5 cm³/mol. The van der Waals surface area contributed by atoms with E-state index in [1.165, 1.54) is 11.3 Å². The third kappa shape index (κ3) is 3.43. The number of fused-ring (bicyclic) bond motifs is 1. The van der Waals surface area contributed by atoms with E-state index in [-0.39, 0.29) is 12.5 Å². The lowest BCUT2D eigenvalue weighted by atomic mass is 10.2. The minimum Gasteiger partial charge on any atom is -0.352 e. The van der Waals surface area contributed by atoms with E-state index in [1.54, 1.807) is 10.9 Å². The zero-order valence-electron chi connectivity index (χ0n) is 13.7. The topological polar surface area (TPSA) is 84.2 Å². The number of aryl methyl sites for hydroxylation is 2. The van der Waals surface area contributed by atoms with E-state index in [2.05, 4.69) is 25.9 Å². The highest BCUT2D eigenvalue weighted by Crippen LogP contribution is 2.24. The highest BCUT2D eigenvalue weighted by atomic mass is 32.1. The largest absolute Gasteiger partial charge is 0.352 e. The van der Waals surface area contributed by atoms with Crippen LogP contribution in [-0.2, 0) is 11.8 Å². The van der Waals surface area contributed by atoms with Gasteiger partial charge in [-0.1, -0.05) is 23.5 Å². The zero-order chi connectivity index (χ0) is 17.1. The lowest BCUT2D eigenvalue weighted by Crippen LogP contribution is -2.25. The van der Waals surface area contributed by atoms with Gasteiger partial charge in [-0.3, -0.25) is 9.48 Å². The average molecular weight is 342 g/mol. The van der Waals surface area contributed by atoms with Crippen molar-refractivity contribution in [3.63, 3.8) is 0 Å². The maximum absolute atomic E-state index is 11.9. The molecule has 2 aromatic heterocycles. The molecule has 0 aliphatic rings. The summed E-state index contributed by atoms with van der Waals surface area (Å²) in [6.45, 7) is 3.98. The fraction of sp³-hybridized carbons (Fsp3) is 0.250. The minimum atomic E-state index is -0.232. The molecule has 0 saturated carbocycles. The standard InChI is InChI=1S/C16H18N6OS/c1-10-12(11(2)22(3)21-10)8-18-20-15(23)9-17-16-19-13-6-4-5-7-14(13)24-16/h4-8H,9H2,1-3H3,(H,17,19)(H,20,23)/b18-8-. The van der Waals surface area contributed by atoms with E-state index in [0.717, 1.165) is 27.2 Å². The van der Waals surface area contributed by atoms with Crippen molar-refractivity contribution in [1.82, 2.24) is 20.2 Å². The van der Waals surface area contributed by atoms with E-state index in [1.807, 2.05) is 45.2 Å². The summed E-state index contributed by atoms with van der Waals surface area (Å²) in [5.41, 5.74) is 6.22. The molecule has 124 valence electrons. The van der Waals surface area contributed by atoms with Crippen molar-refractivity contribution >= 4 is 38.8 Å². The molecule has 7 nitrogen and oxygen atoms in total. The Morgan fingerprint density at radius 2 is 2.17 bits per heavy atom. The second-order valence-electron chi connectivity index (χ2n) is 5.34. The van der Waals surface area contributed by atoms with Gasteiger partial charge >= 0.3 is 0 Å². The van der Waals surface area contributed by atoms with Crippen molar-refractivity contribution in [1.29, 1.82) is 0 Å². The highest BCUT2D eigenvalue weighted by molar-refractivity contribution is 7.22. The molecule has 0 saturated heterocycles. The van der Waals surface area contributed by atoms with Gasteiger partial charge in [0.1, 0.15) is 0 Å². The molecule has 8 heteroatoms. The molecule has 0 aliphatic heterocycles. The van der Waals surface area contributed by atoms with Gasteiger partial charge in [-0.15, -0.1) is 0 Å². The summed E-state index contributed by atoms with van der Waals surface area (Å²) in [6.07, 6.45) is 1.62. The Morgan fingerprint density at radius 3 is 2.88 bits per heavy atom. The van der Waals surface area contributed by atoms with Gasteiger partial charge in [-0.05, 0) is 26.0 Å². The Hall–Kier alpha value is -2.74. The third-order valence-electron chi connectivity index (χ3n) is 3.64. The summed E-state index contributed by atoms with van der Waals surface area (Å²) in [4.78, 5) is 16.3. The van der Waals surface area contributed by atoms with Crippen LogP contribution < -0.4 is 10.7 Å². The number of amides is 1. The van der Waals surface area contributed by atoms with Gasteiger partial charge in [-0.25, -0.2) is 10.4 Å². The van der Waals surface area contributed by atoms with Gasteiger partial charge in [-0.2, -0.15) is 10.2 Å². The van der Waals surface area contributed by atoms with Crippen LogP contribution in [0.15, 0.2) is 29.4 Å². The molecule has 0 spiro atoms. The molecule has 0 radical (unpaired) electrons. The summed E-state index contributed by atoms with van der Waals surface area (Å²) in [7, 11) is 1.88. The molecule has 1 amide bonds. The first-order valence-corrected chi connectivity index (χ1v) is 8.28. The van der Waals surface area contributed by atoms with Crippen LogP contribution in [0.3, 0.4) is 0 Å². The molecule has 2 N–H and O–H groups in total. The van der Waals surface area contributed by atoms with Gasteiger partial charge in [0.25, 0.3) is 5.91 Å². The van der Waals surface area contributed by atoms with Crippen LogP contribution in [0, 0.1) is 13.8 Å². The number of nitrogens with one attached hydrogen (secondary N) is 2. The van der Waals surface area contributed by atoms with E-state index in [4.69, 9.17) is 0 Å². The van der Waals surface area contributed by atoms with Gasteiger partial charge in [0.05, 0.1) is 28.7 Å². The summed E-state index contributed by atoms with van der Waals surface area (Å²) in [6, 6.07) is 7.85. The monoisotopic (exact) mass is 342 g/mol. The van der Waals surface area contributed by atoms with Crippen molar-refractivity contribution in [3.05, 3.63) is 41.2 Å². The Balaban J connectivity index is 1.55.